The molecule has 0 aromatic heterocycles. The summed E-state index contributed by atoms with van der Waals surface area (Å²) < 4.78 is 60.9. The van der Waals surface area contributed by atoms with Crippen LogP contribution in [0.15, 0.2) is 0 Å². The highest BCUT2D eigenvalue weighted by atomic mass is 16.8. The molecular formula is C36H62O31. The van der Waals surface area contributed by atoms with E-state index < -0.39 is 224 Å². The predicted molar refractivity (Wildman–Crippen MR) is 199 cm³/mol. The molecule has 6 aliphatic rings. The van der Waals surface area contributed by atoms with Gasteiger partial charge in [-0.15, -0.1) is 0 Å². The largest absolute Gasteiger partial charge is 0.394 e. The number of hydrogen-bond donors (Lipinski definition) is 20. The van der Waals surface area contributed by atoms with Crippen molar-refractivity contribution in [3.05, 3.63) is 0 Å². The summed E-state index contributed by atoms with van der Waals surface area (Å²) in [6.07, 6.45) is -57.2. The highest BCUT2D eigenvalue weighted by molar-refractivity contribution is 4.99. The van der Waals surface area contributed by atoms with Crippen molar-refractivity contribution in [2.75, 3.05) is 39.6 Å². The summed E-state index contributed by atoms with van der Waals surface area (Å²) in [6.45, 7) is -5.55. The fourth-order valence-corrected chi connectivity index (χ4v) is 8.42. The van der Waals surface area contributed by atoms with Gasteiger partial charge in [-0.25, -0.2) is 0 Å². The molecule has 0 bridgehead atoms. The van der Waals surface area contributed by atoms with Gasteiger partial charge in [0.25, 0.3) is 0 Å². The standard InChI is InChI=1S/C36H62O31/c37-1-7-13(42)15(44)22(51)32(59-7)57-6-12-30(67-33-23(52)16(45)14(43)8(2-38)60-33)20(49)26(55)36(63-12)66-29-11(5-41)62-35(25(54)19(29)48)65-28-10(4-40)61-34(24(53)18(28)47)64-27-9(3-39)58-31(56)21(50)17(27)46/h7-56H,1-6H2/t7-,8-,9-,10-,11-,12-,13-,14-,15+,16+,17-,18-,19-,20-,21-,22-,23-,24-,25-,26-,27-,28-,29-,30-,31?,32+,33-,34-,35-,36-/m1/s1. The Morgan fingerprint density at radius 3 is 0.896 bits per heavy atom. The average molecular weight is 991 g/mol. The third-order valence-electron chi connectivity index (χ3n) is 12.4. The van der Waals surface area contributed by atoms with Crippen LogP contribution >= 0.6 is 0 Å². The van der Waals surface area contributed by atoms with Gasteiger partial charge in [0, 0.05) is 0 Å². The first-order valence-corrected chi connectivity index (χ1v) is 21.1. The molecule has 20 N–H and O–H groups in total. The first-order chi connectivity index (χ1) is 31.7. The lowest BCUT2D eigenvalue weighted by atomic mass is 9.95. The Morgan fingerprint density at radius 2 is 0.522 bits per heavy atom. The second-order valence-electron chi connectivity index (χ2n) is 16.8. The van der Waals surface area contributed by atoms with E-state index >= 15 is 0 Å². The molecule has 6 aliphatic heterocycles. The molecule has 30 atom stereocenters. The summed E-state index contributed by atoms with van der Waals surface area (Å²) in [7, 11) is 0. The van der Waals surface area contributed by atoms with Crippen LogP contribution in [-0.2, 0) is 52.1 Å². The third-order valence-corrected chi connectivity index (χ3v) is 12.4. The number of rotatable bonds is 16. The van der Waals surface area contributed by atoms with Crippen molar-refractivity contribution in [3.8, 4) is 0 Å². The Balaban J connectivity index is 1.16. The van der Waals surface area contributed by atoms with Gasteiger partial charge < -0.3 is 154 Å². The van der Waals surface area contributed by atoms with Gasteiger partial charge in [0.05, 0.1) is 39.6 Å². The number of ether oxygens (including phenoxy) is 11. The van der Waals surface area contributed by atoms with Crippen LogP contribution in [0.1, 0.15) is 0 Å². The second-order valence-corrected chi connectivity index (χ2v) is 16.8. The van der Waals surface area contributed by atoms with Crippen LogP contribution in [0.25, 0.3) is 0 Å². The Kier molecular flexibility index (Phi) is 19.4. The van der Waals surface area contributed by atoms with Crippen molar-refractivity contribution in [2.45, 2.75) is 184 Å². The Labute approximate surface area is 378 Å². The zero-order valence-electron chi connectivity index (χ0n) is 35.0. The molecule has 0 aromatic rings. The monoisotopic (exact) mass is 990 g/mol. The molecule has 0 saturated carbocycles. The molecule has 1 unspecified atom stereocenters. The normalized spacial score (nSPS) is 53.4. The maximum atomic E-state index is 11.4. The summed E-state index contributed by atoms with van der Waals surface area (Å²) in [5.74, 6) is 0. The molecule has 6 heterocycles. The predicted octanol–water partition coefficient (Wildman–Crippen LogP) is -14.1. The molecule has 31 nitrogen and oxygen atoms in total. The zero-order valence-corrected chi connectivity index (χ0v) is 35.0. The molecule has 0 aromatic carbocycles. The van der Waals surface area contributed by atoms with Gasteiger partial charge >= 0.3 is 0 Å². The molecular weight excluding hydrogens is 928 g/mol. The third kappa shape index (κ3) is 11.4. The molecule has 0 radical (unpaired) electrons. The van der Waals surface area contributed by atoms with E-state index in [1.807, 2.05) is 0 Å². The lowest BCUT2D eigenvalue weighted by Crippen LogP contribution is -2.68. The van der Waals surface area contributed by atoms with Crippen molar-refractivity contribution in [3.63, 3.8) is 0 Å². The van der Waals surface area contributed by atoms with Crippen LogP contribution in [0.2, 0.25) is 0 Å². The highest BCUT2D eigenvalue weighted by Crippen LogP contribution is 2.36. The van der Waals surface area contributed by atoms with Crippen LogP contribution in [0.3, 0.4) is 0 Å². The summed E-state index contributed by atoms with van der Waals surface area (Å²) in [5.41, 5.74) is 0. The molecule has 67 heavy (non-hydrogen) atoms. The molecule has 0 aliphatic carbocycles. The quantitative estimate of drug-likeness (QED) is 0.0683. The maximum absolute atomic E-state index is 11.4. The van der Waals surface area contributed by atoms with E-state index in [2.05, 4.69) is 0 Å². The lowest BCUT2D eigenvalue weighted by Gasteiger charge is -2.49. The molecule has 31 heteroatoms. The number of aliphatic hydroxyl groups excluding tert-OH is 20. The van der Waals surface area contributed by atoms with Crippen LogP contribution in [0.5, 0.6) is 0 Å². The minimum atomic E-state index is -2.23. The van der Waals surface area contributed by atoms with Crippen molar-refractivity contribution < 1.29 is 154 Å². The Morgan fingerprint density at radius 1 is 0.254 bits per heavy atom. The van der Waals surface area contributed by atoms with Gasteiger partial charge in [-0.3, -0.25) is 0 Å². The Hall–Kier alpha value is -1.24. The van der Waals surface area contributed by atoms with Crippen LogP contribution < -0.4 is 0 Å². The summed E-state index contributed by atoms with van der Waals surface area (Å²) in [5, 5.41) is 209. The van der Waals surface area contributed by atoms with Gasteiger partial charge in [0.15, 0.2) is 37.7 Å². The topological polar surface area (TPSA) is 506 Å². The van der Waals surface area contributed by atoms with Gasteiger partial charge in [-0.05, 0) is 0 Å². The second kappa shape index (κ2) is 23.5. The van der Waals surface area contributed by atoms with E-state index in [4.69, 9.17) is 52.1 Å². The van der Waals surface area contributed by atoms with E-state index in [0.29, 0.717) is 0 Å². The van der Waals surface area contributed by atoms with Gasteiger partial charge in [0.1, 0.15) is 146 Å². The average Bonchev–Trinajstić information content (AvgIpc) is 3.32. The SMILES string of the molecule is OC[C@H]1O[C@H](OC[C@H]2O[C@H](O[C@H]3[C@H](O)[C@@H](O)[C@@H](O[C@H]4[C@H](O)[C@@H](O)[C@@H](O[C@H]5[C@H](O)[C@@H](O)C(O)O[C@@H]5CO)O[C@@H]4CO)O[C@@H]3CO)[C@H](O)[C@@H](O)[C@@H]2O[C@H]2O[C@H](CO)[C@@H](O)[C@H](O)[C@H]2O)[C@H](O)[C@@H](O)[C@@H]1O. The highest BCUT2D eigenvalue weighted by Gasteiger charge is 2.57. The zero-order chi connectivity index (χ0) is 49.3. The molecule has 392 valence electrons. The fraction of sp³-hybridized carbons (Fsp3) is 1.00. The van der Waals surface area contributed by atoms with Gasteiger partial charge in [-0.2, -0.15) is 0 Å². The molecule has 0 amide bonds. The van der Waals surface area contributed by atoms with Crippen molar-refractivity contribution in [1.29, 1.82) is 0 Å². The van der Waals surface area contributed by atoms with E-state index in [-0.39, 0.29) is 0 Å². The van der Waals surface area contributed by atoms with Crippen LogP contribution in [-0.4, -0.2) is 326 Å². The molecule has 0 spiro atoms. The summed E-state index contributed by atoms with van der Waals surface area (Å²) >= 11 is 0. The number of hydrogen-bond acceptors (Lipinski definition) is 31. The van der Waals surface area contributed by atoms with Crippen molar-refractivity contribution in [1.82, 2.24) is 0 Å². The van der Waals surface area contributed by atoms with Crippen molar-refractivity contribution >= 4 is 0 Å². The lowest BCUT2D eigenvalue weighted by molar-refractivity contribution is -0.395. The molecule has 6 rings (SSSR count). The summed E-state index contributed by atoms with van der Waals surface area (Å²) in [4.78, 5) is 0. The van der Waals surface area contributed by atoms with E-state index in [1.54, 1.807) is 0 Å². The van der Waals surface area contributed by atoms with Gasteiger partial charge in [-0.1, -0.05) is 0 Å². The molecule has 6 fully saturated rings. The van der Waals surface area contributed by atoms with Gasteiger partial charge in [0.2, 0.25) is 0 Å². The number of aliphatic hydroxyl groups is 20. The van der Waals surface area contributed by atoms with E-state index in [9.17, 15) is 102 Å². The smallest absolute Gasteiger partial charge is 0.187 e. The molecule has 6 saturated heterocycles. The van der Waals surface area contributed by atoms with Crippen LogP contribution in [0, 0.1) is 0 Å². The Bertz CT molecular complexity index is 1500. The van der Waals surface area contributed by atoms with Crippen molar-refractivity contribution in [2.24, 2.45) is 0 Å². The van der Waals surface area contributed by atoms with E-state index in [1.165, 1.54) is 0 Å². The fourth-order valence-electron chi connectivity index (χ4n) is 8.42. The van der Waals surface area contributed by atoms with Crippen LogP contribution in [0.4, 0.5) is 0 Å². The minimum absolute atomic E-state index is 0.855. The first-order valence-electron chi connectivity index (χ1n) is 21.1. The minimum Gasteiger partial charge on any atom is -0.394 e. The summed E-state index contributed by atoms with van der Waals surface area (Å²) in [6, 6.07) is 0. The maximum Gasteiger partial charge on any atom is 0.187 e. The first kappa shape index (κ1) is 55.1. The van der Waals surface area contributed by atoms with E-state index in [0.717, 1.165) is 0 Å².